The molecule has 0 bridgehead atoms. The predicted molar refractivity (Wildman–Crippen MR) is 92.1 cm³/mol. The molecule has 1 aliphatic rings. The van der Waals surface area contributed by atoms with E-state index < -0.39 is 0 Å². The van der Waals surface area contributed by atoms with Gasteiger partial charge in [-0.15, -0.1) is 11.3 Å². The number of amides is 1. The summed E-state index contributed by atoms with van der Waals surface area (Å²) in [6.07, 6.45) is 4.27. The molecule has 122 valence electrons. The Morgan fingerprint density at radius 1 is 1.30 bits per heavy atom. The summed E-state index contributed by atoms with van der Waals surface area (Å²) in [5, 5.41) is 16.0. The average molecular weight is 330 g/mol. The lowest BCUT2D eigenvalue weighted by Crippen LogP contribution is -2.23. The molecule has 0 unspecified atom stereocenters. The highest BCUT2D eigenvalue weighted by molar-refractivity contribution is 7.09. The Kier molecular flexibility index (Phi) is 4.66. The van der Waals surface area contributed by atoms with Crippen molar-refractivity contribution in [1.82, 2.24) is 10.3 Å². The summed E-state index contributed by atoms with van der Waals surface area (Å²) in [5.41, 5.74) is 3.59. The Morgan fingerprint density at radius 2 is 2.00 bits per heavy atom. The quantitative estimate of drug-likeness (QED) is 0.897. The smallest absolute Gasteiger partial charge is 0.255 e. The molecule has 1 aliphatic carbocycles. The van der Waals surface area contributed by atoms with Gasteiger partial charge >= 0.3 is 0 Å². The van der Waals surface area contributed by atoms with Crippen LogP contribution in [0.5, 0.6) is 5.75 Å². The average Bonchev–Trinajstić information content (AvgIpc) is 3.01. The molecule has 1 heterocycles. The summed E-state index contributed by atoms with van der Waals surface area (Å²) >= 11 is 1.62. The van der Waals surface area contributed by atoms with Crippen LogP contribution < -0.4 is 5.32 Å². The number of benzene rings is 1. The van der Waals surface area contributed by atoms with E-state index in [1.807, 2.05) is 11.4 Å². The van der Waals surface area contributed by atoms with Gasteiger partial charge in [0, 0.05) is 11.3 Å². The second kappa shape index (κ2) is 6.71. The lowest BCUT2D eigenvalue weighted by Gasteiger charge is -2.17. The number of rotatable bonds is 4. The highest BCUT2D eigenvalue weighted by atomic mass is 32.1. The third-order valence-electron chi connectivity index (χ3n) is 4.20. The van der Waals surface area contributed by atoms with E-state index in [0.717, 1.165) is 36.4 Å². The first-order valence-electron chi connectivity index (χ1n) is 8.12. The van der Waals surface area contributed by atoms with Crippen LogP contribution in [0.2, 0.25) is 0 Å². The number of nitrogens with zero attached hydrogens (tertiary/aromatic N) is 1. The molecule has 1 aromatic carbocycles. The van der Waals surface area contributed by atoms with Crippen LogP contribution in [0.4, 0.5) is 0 Å². The number of aryl methyl sites for hydroxylation is 2. The lowest BCUT2D eigenvalue weighted by molar-refractivity contribution is 0.0947. The minimum Gasteiger partial charge on any atom is -0.507 e. The van der Waals surface area contributed by atoms with Crippen molar-refractivity contribution in [3.05, 3.63) is 44.9 Å². The van der Waals surface area contributed by atoms with Crippen molar-refractivity contribution in [3.63, 3.8) is 0 Å². The summed E-state index contributed by atoms with van der Waals surface area (Å²) < 4.78 is 0. The van der Waals surface area contributed by atoms with Gasteiger partial charge < -0.3 is 10.4 Å². The number of nitrogens with one attached hydrogen (secondary N) is 1. The first kappa shape index (κ1) is 16.0. The summed E-state index contributed by atoms with van der Waals surface area (Å²) in [5.74, 6) is 0.230. The minimum absolute atomic E-state index is 0.0734. The number of aromatic hydroxyl groups is 1. The van der Waals surface area contributed by atoms with Gasteiger partial charge in [0.25, 0.3) is 5.91 Å². The number of hydrogen-bond donors (Lipinski definition) is 2. The third-order valence-corrected chi connectivity index (χ3v) is 5.39. The molecular weight excluding hydrogens is 308 g/mol. The van der Waals surface area contributed by atoms with Crippen LogP contribution in [0, 0.1) is 0 Å². The highest BCUT2D eigenvalue weighted by Crippen LogP contribution is 2.28. The van der Waals surface area contributed by atoms with Crippen molar-refractivity contribution in [2.45, 2.75) is 52.0 Å². The van der Waals surface area contributed by atoms with Crippen LogP contribution in [0.1, 0.15) is 64.8 Å². The fourth-order valence-electron chi connectivity index (χ4n) is 2.89. The van der Waals surface area contributed by atoms with Crippen molar-refractivity contribution < 1.29 is 9.90 Å². The van der Waals surface area contributed by atoms with Crippen molar-refractivity contribution in [1.29, 1.82) is 0 Å². The molecule has 4 nitrogen and oxygen atoms in total. The van der Waals surface area contributed by atoms with E-state index >= 15 is 0 Å². The number of fused-ring (bicyclic) bond motifs is 1. The second-order valence-electron chi connectivity index (χ2n) is 6.36. The van der Waals surface area contributed by atoms with Gasteiger partial charge in [-0.25, -0.2) is 4.98 Å². The number of aromatic nitrogens is 1. The van der Waals surface area contributed by atoms with E-state index in [9.17, 15) is 9.90 Å². The zero-order valence-electron chi connectivity index (χ0n) is 13.6. The van der Waals surface area contributed by atoms with Crippen molar-refractivity contribution in [2.75, 3.05) is 0 Å². The Hall–Kier alpha value is -1.88. The molecule has 0 spiro atoms. The summed E-state index contributed by atoms with van der Waals surface area (Å²) in [6, 6.07) is 3.60. The normalized spacial score (nSPS) is 13.9. The molecule has 0 saturated carbocycles. The first-order valence-corrected chi connectivity index (χ1v) is 9.00. The molecule has 0 saturated heterocycles. The molecule has 0 atom stereocenters. The van der Waals surface area contributed by atoms with Gasteiger partial charge in [-0.2, -0.15) is 0 Å². The summed E-state index contributed by atoms with van der Waals surface area (Å²) in [7, 11) is 0. The molecule has 0 radical (unpaired) electrons. The monoisotopic (exact) mass is 330 g/mol. The number of phenols is 1. The van der Waals surface area contributed by atoms with Crippen molar-refractivity contribution >= 4 is 17.2 Å². The number of carbonyl (C=O) groups excluding carboxylic acids is 1. The largest absolute Gasteiger partial charge is 0.507 e. The van der Waals surface area contributed by atoms with Crippen LogP contribution in [0.25, 0.3) is 0 Å². The topological polar surface area (TPSA) is 62.2 Å². The van der Waals surface area contributed by atoms with Gasteiger partial charge in [0.05, 0.1) is 22.8 Å². The number of thiazole rings is 1. The number of phenolic OH excluding ortho intramolecular Hbond substituents is 1. The van der Waals surface area contributed by atoms with Crippen LogP contribution in [0.15, 0.2) is 17.5 Å². The molecule has 0 aliphatic heterocycles. The standard InChI is InChI=1S/C18H22N2O2S/c1-11(2)18-20-14(10-23-18)9-19-17(22)15-7-12-5-3-4-6-13(12)8-16(15)21/h7-8,10-11,21H,3-6,9H2,1-2H3,(H,19,22). The maximum atomic E-state index is 12.4. The van der Waals surface area contributed by atoms with Gasteiger partial charge in [0.15, 0.2) is 0 Å². The third kappa shape index (κ3) is 3.55. The lowest BCUT2D eigenvalue weighted by atomic mass is 9.90. The molecule has 1 aromatic heterocycles. The van der Waals surface area contributed by atoms with Crippen molar-refractivity contribution in [3.8, 4) is 5.75 Å². The number of hydrogen-bond acceptors (Lipinski definition) is 4. The molecule has 1 amide bonds. The molecular formula is C18H22N2O2S. The molecule has 2 N–H and O–H groups in total. The summed E-state index contributed by atoms with van der Waals surface area (Å²) in [4.78, 5) is 16.9. The Labute approximate surface area is 140 Å². The number of carbonyl (C=O) groups is 1. The fourth-order valence-corrected chi connectivity index (χ4v) is 3.72. The molecule has 23 heavy (non-hydrogen) atoms. The SMILES string of the molecule is CC(C)c1nc(CNC(=O)c2cc3c(cc2O)CCCC3)cs1. The molecule has 0 fully saturated rings. The van der Waals surface area contributed by atoms with Crippen LogP contribution in [-0.4, -0.2) is 16.0 Å². The van der Waals surface area contributed by atoms with Crippen LogP contribution in [0.3, 0.4) is 0 Å². The fraction of sp³-hybridized carbons (Fsp3) is 0.444. The first-order chi connectivity index (χ1) is 11.0. The van der Waals surface area contributed by atoms with Gasteiger partial charge in [0.1, 0.15) is 5.75 Å². The van der Waals surface area contributed by atoms with Gasteiger partial charge in [-0.3, -0.25) is 4.79 Å². The van der Waals surface area contributed by atoms with E-state index in [1.54, 1.807) is 17.4 Å². The van der Waals surface area contributed by atoms with E-state index in [0.29, 0.717) is 18.0 Å². The zero-order chi connectivity index (χ0) is 16.4. The zero-order valence-corrected chi connectivity index (χ0v) is 14.4. The predicted octanol–water partition coefficient (Wildman–Crippen LogP) is 3.78. The maximum absolute atomic E-state index is 12.4. The Bertz CT molecular complexity index is 722. The second-order valence-corrected chi connectivity index (χ2v) is 7.25. The van der Waals surface area contributed by atoms with E-state index in [4.69, 9.17) is 0 Å². The highest BCUT2D eigenvalue weighted by Gasteiger charge is 2.17. The molecule has 5 heteroatoms. The van der Waals surface area contributed by atoms with E-state index in [-0.39, 0.29) is 11.7 Å². The van der Waals surface area contributed by atoms with Gasteiger partial charge in [-0.1, -0.05) is 13.8 Å². The van der Waals surface area contributed by atoms with E-state index in [1.165, 1.54) is 11.1 Å². The van der Waals surface area contributed by atoms with Gasteiger partial charge in [0.2, 0.25) is 0 Å². The molecule has 3 rings (SSSR count). The molecule has 2 aromatic rings. The van der Waals surface area contributed by atoms with Crippen LogP contribution in [-0.2, 0) is 19.4 Å². The van der Waals surface area contributed by atoms with Crippen LogP contribution >= 0.6 is 11.3 Å². The van der Waals surface area contributed by atoms with Gasteiger partial charge in [-0.05, 0) is 48.9 Å². The Morgan fingerprint density at radius 3 is 2.65 bits per heavy atom. The summed E-state index contributed by atoms with van der Waals surface area (Å²) in [6.45, 7) is 4.59. The minimum atomic E-state index is -0.241. The maximum Gasteiger partial charge on any atom is 0.255 e. The Balaban J connectivity index is 1.70. The van der Waals surface area contributed by atoms with Crippen molar-refractivity contribution in [2.24, 2.45) is 0 Å². The van der Waals surface area contributed by atoms with E-state index in [2.05, 4.69) is 24.1 Å².